The number of nitrogens with zero attached hydrogens (tertiary/aromatic N) is 2. The van der Waals surface area contributed by atoms with Gasteiger partial charge in [0, 0.05) is 11.8 Å². The molecule has 138 valence electrons. The van der Waals surface area contributed by atoms with E-state index in [0.29, 0.717) is 0 Å². The molecule has 27 heavy (non-hydrogen) atoms. The van der Waals surface area contributed by atoms with E-state index >= 15 is 0 Å². The van der Waals surface area contributed by atoms with Crippen molar-refractivity contribution in [2.75, 3.05) is 13.2 Å². The SMILES string of the molecule is CC/C(=N\OCCOc1ccccc1F)c1ccc(-c2ccccn2)cc1. The van der Waals surface area contributed by atoms with Crippen molar-refractivity contribution in [2.24, 2.45) is 5.16 Å². The van der Waals surface area contributed by atoms with Crippen molar-refractivity contribution < 1.29 is 14.0 Å². The Balaban J connectivity index is 1.55. The zero-order chi connectivity index (χ0) is 18.9. The lowest BCUT2D eigenvalue weighted by Crippen LogP contribution is -2.07. The summed E-state index contributed by atoms with van der Waals surface area (Å²) in [6.45, 7) is 2.48. The third-order valence-electron chi connectivity index (χ3n) is 3.96. The van der Waals surface area contributed by atoms with Crippen LogP contribution in [-0.4, -0.2) is 23.9 Å². The van der Waals surface area contributed by atoms with Crippen molar-refractivity contribution in [3.63, 3.8) is 0 Å². The van der Waals surface area contributed by atoms with E-state index in [-0.39, 0.29) is 24.8 Å². The van der Waals surface area contributed by atoms with E-state index in [1.807, 2.05) is 49.4 Å². The van der Waals surface area contributed by atoms with Crippen molar-refractivity contribution in [3.05, 3.63) is 84.3 Å². The second-order valence-electron chi connectivity index (χ2n) is 5.80. The van der Waals surface area contributed by atoms with Crippen LogP contribution in [0.15, 0.2) is 78.1 Å². The standard InChI is InChI=1S/C22H21FN2O2/c1-2-20(25-27-16-15-26-22-9-4-3-7-19(22)23)17-10-12-18(13-11-17)21-8-5-6-14-24-21/h3-14H,2,15-16H2,1H3/b25-20+. The van der Waals surface area contributed by atoms with Crippen LogP contribution in [0, 0.1) is 5.82 Å². The van der Waals surface area contributed by atoms with Crippen molar-refractivity contribution in [1.29, 1.82) is 0 Å². The lowest BCUT2D eigenvalue weighted by atomic mass is 10.0. The quantitative estimate of drug-likeness (QED) is 0.317. The minimum Gasteiger partial charge on any atom is -0.487 e. The molecule has 5 heteroatoms. The average molecular weight is 364 g/mol. The van der Waals surface area contributed by atoms with Crippen LogP contribution in [0.5, 0.6) is 5.75 Å². The van der Waals surface area contributed by atoms with Crippen molar-refractivity contribution in [3.8, 4) is 17.0 Å². The number of ether oxygens (including phenoxy) is 1. The van der Waals surface area contributed by atoms with Gasteiger partial charge in [-0.3, -0.25) is 4.98 Å². The van der Waals surface area contributed by atoms with Gasteiger partial charge in [-0.25, -0.2) is 4.39 Å². The fraction of sp³-hybridized carbons (Fsp3) is 0.182. The molecule has 0 atom stereocenters. The summed E-state index contributed by atoms with van der Waals surface area (Å²) in [7, 11) is 0. The number of hydrogen-bond donors (Lipinski definition) is 0. The lowest BCUT2D eigenvalue weighted by molar-refractivity contribution is 0.105. The van der Waals surface area contributed by atoms with Gasteiger partial charge in [-0.05, 0) is 36.2 Å². The van der Waals surface area contributed by atoms with E-state index in [0.717, 1.165) is 29.0 Å². The highest BCUT2D eigenvalue weighted by Gasteiger charge is 2.05. The van der Waals surface area contributed by atoms with Gasteiger partial charge in [-0.1, -0.05) is 54.5 Å². The molecule has 3 aromatic rings. The Kier molecular flexibility index (Phi) is 6.52. The Morgan fingerprint density at radius 1 is 0.963 bits per heavy atom. The molecular formula is C22H21FN2O2. The Bertz CT molecular complexity index is 880. The van der Waals surface area contributed by atoms with Gasteiger partial charge < -0.3 is 9.57 Å². The van der Waals surface area contributed by atoms with Gasteiger partial charge in [-0.2, -0.15) is 0 Å². The van der Waals surface area contributed by atoms with Crippen molar-refractivity contribution in [1.82, 2.24) is 4.98 Å². The lowest BCUT2D eigenvalue weighted by Gasteiger charge is -2.08. The fourth-order valence-electron chi connectivity index (χ4n) is 2.56. The molecule has 0 saturated heterocycles. The molecule has 0 bridgehead atoms. The molecular weight excluding hydrogens is 343 g/mol. The highest BCUT2D eigenvalue weighted by Crippen LogP contribution is 2.18. The van der Waals surface area contributed by atoms with Crippen LogP contribution in [0.1, 0.15) is 18.9 Å². The van der Waals surface area contributed by atoms with E-state index in [9.17, 15) is 4.39 Å². The molecule has 3 rings (SSSR count). The maximum Gasteiger partial charge on any atom is 0.165 e. The van der Waals surface area contributed by atoms with E-state index in [1.165, 1.54) is 6.07 Å². The zero-order valence-electron chi connectivity index (χ0n) is 15.1. The van der Waals surface area contributed by atoms with Gasteiger partial charge in [0.05, 0.1) is 11.4 Å². The molecule has 1 aromatic heterocycles. The monoisotopic (exact) mass is 364 g/mol. The predicted molar refractivity (Wildman–Crippen MR) is 104 cm³/mol. The number of oxime groups is 1. The maximum atomic E-state index is 13.5. The van der Waals surface area contributed by atoms with Crippen LogP contribution in [0.4, 0.5) is 4.39 Å². The van der Waals surface area contributed by atoms with Gasteiger partial charge in [0.2, 0.25) is 0 Å². The number of aromatic nitrogens is 1. The number of rotatable bonds is 8. The fourth-order valence-corrected chi connectivity index (χ4v) is 2.56. The summed E-state index contributed by atoms with van der Waals surface area (Å²) in [5.74, 6) is -0.172. The van der Waals surface area contributed by atoms with Gasteiger partial charge in [0.15, 0.2) is 18.2 Å². The van der Waals surface area contributed by atoms with E-state index < -0.39 is 0 Å². The minimum atomic E-state index is -0.386. The molecule has 2 aromatic carbocycles. The second-order valence-corrected chi connectivity index (χ2v) is 5.80. The molecule has 0 aliphatic carbocycles. The molecule has 0 saturated carbocycles. The molecule has 0 radical (unpaired) electrons. The van der Waals surface area contributed by atoms with Crippen LogP contribution >= 0.6 is 0 Å². The molecule has 0 unspecified atom stereocenters. The first kappa shape index (κ1) is 18.6. The topological polar surface area (TPSA) is 43.7 Å². The van der Waals surface area contributed by atoms with Gasteiger partial charge >= 0.3 is 0 Å². The first-order chi connectivity index (χ1) is 13.3. The minimum absolute atomic E-state index is 0.214. The largest absolute Gasteiger partial charge is 0.487 e. The number of hydrogen-bond acceptors (Lipinski definition) is 4. The Labute approximate surface area is 158 Å². The highest BCUT2D eigenvalue weighted by atomic mass is 19.1. The van der Waals surface area contributed by atoms with Gasteiger partial charge in [0.1, 0.15) is 6.61 Å². The highest BCUT2D eigenvalue weighted by molar-refractivity contribution is 6.00. The van der Waals surface area contributed by atoms with Crippen LogP contribution in [0.25, 0.3) is 11.3 Å². The first-order valence-electron chi connectivity index (χ1n) is 8.86. The molecule has 0 fully saturated rings. The summed E-state index contributed by atoms with van der Waals surface area (Å²) >= 11 is 0. The molecule has 0 N–H and O–H groups in total. The summed E-state index contributed by atoms with van der Waals surface area (Å²) in [6.07, 6.45) is 2.51. The molecule has 0 aliphatic rings. The summed E-state index contributed by atoms with van der Waals surface area (Å²) < 4.78 is 18.8. The Morgan fingerprint density at radius 3 is 2.44 bits per heavy atom. The molecule has 0 spiro atoms. The summed E-state index contributed by atoms with van der Waals surface area (Å²) in [4.78, 5) is 9.70. The van der Waals surface area contributed by atoms with E-state index in [4.69, 9.17) is 9.57 Å². The normalized spacial score (nSPS) is 11.3. The van der Waals surface area contributed by atoms with Crippen LogP contribution < -0.4 is 4.74 Å². The summed E-state index contributed by atoms with van der Waals surface area (Å²) in [5, 5.41) is 4.20. The number of pyridine rings is 1. The predicted octanol–water partition coefficient (Wildman–Crippen LogP) is 5.10. The average Bonchev–Trinajstić information content (AvgIpc) is 2.73. The zero-order valence-corrected chi connectivity index (χ0v) is 15.1. The smallest absolute Gasteiger partial charge is 0.165 e. The van der Waals surface area contributed by atoms with Crippen LogP contribution in [0.3, 0.4) is 0 Å². The summed E-state index contributed by atoms with van der Waals surface area (Å²) in [6, 6.07) is 20.2. The molecule has 0 aliphatic heterocycles. The molecule has 0 amide bonds. The Morgan fingerprint density at radius 2 is 1.74 bits per heavy atom. The maximum absolute atomic E-state index is 13.5. The molecule has 4 nitrogen and oxygen atoms in total. The van der Waals surface area contributed by atoms with Gasteiger partial charge in [0.25, 0.3) is 0 Å². The number of halogens is 1. The van der Waals surface area contributed by atoms with Crippen LogP contribution in [0.2, 0.25) is 0 Å². The van der Waals surface area contributed by atoms with E-state index in [1.54, 1.807) is 24.4 Å². The summed E-state index contributed by atoms with van der Waals surface area (Å²) in [5.41, 5.74) is 3.82. The van der Waals surface area contributed by atoms with Crippen molar-refractivity contribution in [2.45, 2.75) is 13.3 Å². The van der Waals surface area contributed by atoms with Gasteiger partial charge in [-0.15, -0.1) is 0 Å². The van der Waals surface area contributed by atoms with Crippen LogP contribution in [-0.2, 0) is 4.84 Å². The third-order valence-corrected chi connectivity index (χ3v) is 3.96. The molecule has 1 heterocycles. The first-order valence-corrected chi connectivity index (χ1v) is 8.86. The second kappa shape index (κ2) is 9.48. The number of para-hydroxylation sites is 1. The Hall–Kier alpha value is -3.21. The van der Waals surface area contributed by atoms with Crippen molar-refractivity contribution >= 4 is 5.71 Å². The number of benzene rings is 2. The van der Waals surface area contributed by atoms with E-state index in [2.05, 4.69) is 10.1 Å². The third kappa shape index (κ3) is 5.14.